The Kier molecular flexibility index (Phi) is 4.94. The quantitative estimate of drug-likeness (QED) is 0.855. The van der Waals surface area contributed by atoms with Crippen molar-refractivity contribution in [2.75, 3.05) is 0 Å². The first-order chi connectivity index (χ1) is 11.0. The molecule has 0 aromatic heterocycles. The molecule has 0 aliphatic carbocycles. The van der Waals surface area contributed by atoms with E-state index in [0.29, 0.717) is 17.5 Å². The van der Waals surface area contributed by atoms with Gasteiger partial charge in [-0.15, -0.1) is 0 Å². The van der Waals surface area contributed by atoms with E-state index in [-0.39, 0.29) is 9.92 Å². The molecule has 2 aromatic rings. The lowest BCUT2D eigenvalue weighted by molar-refractivity contribution is -0.108. The van der Waals surface area contributed by atoms with Gasteiger partial charge in [0.25, 0.3) is 0 Å². The molecule has 0 unspecified atom stereocenters. The smallest absolute Gasteiger partial charge is 0.221 e. The van der Waals surface area contributed by atoms with Crippen LogP contribution in [0.4, 0.5) is 0 Å². The highest BCUT2D eigenvalue weighted by atomic mass is 32.2. The maximum Gasteiger partial charge on any atom is 0.221 e. The van der Waals surface area contributed by atoms with E-state index in [1.54, 1.807) is 36.4 Å². The summed E-state index contributed by atoms with van der Waals surface area (Å²) in [5, 5.41) is 10.8. The molecule has 0 fully saturated rings. The first kappa shape index (κ1) is 16.5. The van der Waals surface area contributed by atoms with Gasteiger partial charge in [0.15, 0.2) is 0 Å². The molecule has 0 bridgehead atoms. The summed E-state index contributed by atoms with van der Waals surface area (Å²) in [6.07, 6.45) is 1.67. The summed E-state index contributed by atoms with van der Waals surface area (Å²) in [4.78, 5) is 10.9. The normalized spacial score (nSPS) is 11.6. The van der Waals surface area contributed by atoms with Crippen molar-refractivity contribution in [3.8, 4) is 6.07 Å². The van der Waals surface area contributed by atoms with Crippen LogP contribution in [0.1, 0.15) is 16.7 Å². The van der Waals surface area contributed by atoms with Gasteiger partial charge in [-0.2, -0.15) is 5.26 Å². The molecule has 0 saturated carbocycles. The van der Waals surface area contributed by atoms with Gasteiger partial charge in [0.1, 0.15) is 5.03 Å². The minimum absolute atomic E-state index is 0.0948. The Morgan fingerprint density at radius 3 is 2.22 bits per heavy atom. The number of amides is 1. The Labute approximate surface area is 134 Å². The second-order valence-corrected chi connectivity index (χ2v) is 6.74. The van der Waals surface area contributed by atoms with E-state index < -0.39 is 9.84 Å². The number of nitriles is 1. The van der Waals surface area contributed by atoms with Crippen molar-refractivity contribution in [2.24, 2.45) is 0 Å². The molecule has 0 spiro atoms. The molecule has 0 atom stereocenters. The Morgan fingerprint density at radius 1 is 1.09 bits per heavy atom. The van der Waals surface area contributed by atoms with Crippen LogP contribution in [0.3, 0.4) is 0 Å². The number of hydrogen-bond donors (Lipinski definition) is 1. The first-order valence-electron chi connectivity index (χ1n) is 6.71. The van der Waals surface area contributed by atoms with Crippen molar-refractivity contribution < 1.29 is 13.2 Å². The van der Waals surface area contributed by atoms with Crippen LogP contribution in [0.15, 0.2) is 58.5 Å². The van der Waals surface area contributed by atoms with Gasteiger partial charge in [0, 0.05) is 0 Å². The van der Waals surface area contributed by atoms with E-state index in [9.17, 15) is 13.2 Å². The zero-order valence-corrected chi connectivity index (χ0v) is 13.2. The Bertz CT molecular complexity index is 875. The van der Waals surface area contributed by atoms with E-state index in [1.165, 1.54) is 18.2 Å². The molecule has 5 nitrogen and oxygen atoms in total. The van der Waals surface area contributed by atoms with Crippen molar-refractivity contribution in [1.29, 1.82) is 5.26 Å². The molecule has 0 aliphatic heterocycles. The fraction of sp³-hybridized carbons (Fsp3) is 0.0588. The highest BCUT2D eigenvalue weighted by molar-refractivity contribution is 7.95. The zero-order valence-electron chi connectivity index (χ0n) is 12.4. The minimum Gasteiger partial charge on any atom is -0.319 e. The highest BCUT2D eigenvalue weighted by Gasteiger charge is 2.20. The number of carbonyl (C=O) groups excluding carboxylic acids is 1. The van der Waals surface area contributed by atoms with E-state index in [4.69, 9.17) is 5.26 Å². The number of hydrogen-bond acceptors (Lipinski definition) is 4. The average Bonchev–Trinajstić information content (AvgIpc) is 2.55. The van der Waals surface area contributed by atoms with E-state index >= 15 is 0 Å². The molecule has 1 amide bonds. The molecule has 23 heavy (non-hydrogen) atoms. The number of carbonyl (C=O) groups is 1. The monoisotopic (exact) mass is 326 g/mol. The molecule has 0 radical (unpaired) electrons. The van der Waals surface area contributed by atoms with Crippen LogP contribution in [0, 0.1) is 18.3 Å². The maximum absolute atomic E-state index is 12.6. The van der Waals surface area contributed by atoms with Crippen LogP contribution in [0.5, 0.6) is 0 Å². The number of sulfone groups is 1. The molecule has 2 rings (SSSR count). The second-order valence-electron chi connectivity index (χ2n) is 4.82. The predicted molar refractivity (Wildman–Crippen MR) is 86.7 cm³/mol. The number of nitrogens with zero attached hydrogens (tertiary/aromatic N) is 1. The summed E-state index contributed by atoms with van der Waals surface area (Å²) in [5.41, 5.74) is 1.96. The lowest BCUT2D eigenvalue weighted by Gasteiger charge is -2.08. The molecule has 1 N–H and O–H groups in total. The number of rotatable bonds is 5. The van der Waals surface area contributed by atoms with Crippen molar-refractivity contribution in [3.05, 3.63) is 70.3 Å². The largest absolute Gasteiger partial charge is 0.319 e. The van der Waals surface area contributed by atoms with Gasteiger partial charge in [0.05, 0.1) is 16.5 Å². The second kappa shape index (κ2) is 6.90. The zero-order chi connectivity index (χ0) is 16.9. The van der Waals surface area contributed by atoms with Gasteiger partial charge >= 0.3 is 0 Å². The van der Waals surface area contributed by atoms with Crippen molar-refractivity contribution >= 4 is 22.3 Å². The van der Waals surface area contributed by atoms with E-state index in [0.717, 1.165) is 5.56 Å². The van der Waals surface area contributed by atoms with E-state index in [1.807, 2.05) is 13.0 Å². The van der Waals surface area contributed by atoms with E-state index in [2.05, 4.69) is 5.32 Å². The van der Waals surface area contributed by atoms with Crippen LogP contribution in [-0.4, -0.2) is 14.8 Å². The lowest BCUT2D eigenvalue weighted by Crippen LogP contribution is -2.19. The summed E-state index contributed by atoms with van der Waals surface area (Å²) >= 11 is 0. The van der Waals surface area contributed by atoms with Gasteiger partial charge in [-0.05, 0) is 42.8 Å². The summed E-state index contributed by atoms with van der Waals surface area (Å²) in [5.74, 6) is 0. The molecular formula is C17H14N2O3S. The van der Waals surface area contributed by atoms with Gasteiger partial charge in [-0.3, -0.25) is 4.79 Å². The fourth-order valence-electron chi connectivity index (χ4n) is 1.90. The molecule has 6 heteroatoms. The van der Waals surface area contributed by atoms with Crippen LogP contribution < -0.4 is 5.32 Å². The van der Waals surface area contributed by atoms with Crippen LogP contribution in [0.25, 0.3) is 6.08 Å². The summed E-state index contributed by atoms with van der Waals surface area (Å²) < 4.78 is 25.2. The summed E-state index contributed by atoms with van der Waals surface area (Å²) in [6, 6.07) is 14.7. The Hall–Kier alpha value is -2.91. The topological polar surface area (TPSA) is 87.0 Å². The molecule has 116 valence electrons. The summed E-state index contributed by atoms with van der Waals surface area (Å²) in [7, 11) is -3.84. The first-order valence-corrected chi connectivity index (χ1v) is 8.19. The summed E-state index contributed by atoms with van der Waals surface area (Å²) in [6.45, 7) is 1.85. The lowest BCUT2D eigenvalue weighted by atomic mass is 10.1. The van der Waals surface area contributed by atoms with Gasteiger partial charge in [-0.25, -0.2) is 8.42 Å². The molecular weight excluding hydrogens is 312 g/mol. The van der Waals surface area contributed by atoms with Gasteiger partial charge in [-0.1, -0.05) is 29.8 Å². The van der Waals surface area contributed by atoms with Crippen molar-refractivity contribution in [3.63, 3.8) is 0 Å². The third-order valence-corrected chi connectivity index (χ3v) is 4.87. The SMILES string of the molecule is Cc1ccc(S(=O)(=O)/C(=C\c2ccc(C#N)cc2)NC=O)cc1. The van der Waals surface area contributed by atoms with Crippen molar-refractivity contribution in [2.45, 2.75) is 11.8 Å². The number of benzene rings is 2. The standard InChI is InChI=1S/C17H14N2O3S/c1-13-2-8-16(9-3-13)23(21,22)17(19-12-20)10-14-4-6-15(11-18)7-5-14/h2-10,12H,1H3,(H,19,20)/b17-10-. The van der Waals surface area contributed by atoms with Crippen LogP contribution in [0.2, 0.25) is 0 Å². The van der Waals surface area contributed by atoms with Crippen LogP contribution in [-0.2, 0) is 14.6 Å². The van der Waals surface area contributed by atoms with Crippen molar-refractivity contribution in [1.82, 2.24) is 5.32 Å². The Morgan fingerprint density at radius 2 is 1.70 bits per heavy atom. The molecule has 0 aliphatic rings. The predicted octanol–water partition coefficient (Wildman–Crippen LogP) is 2.39. The van der Waals surface area contributed by atoms with Crippen LogP contribution >= 0.6 is 0 Å². The molecule has 2 aromatic carbocycles. The average molecular weight is 326 g/mol. The fourth-order valence-corrected chi connectivity index (χ4v) is 3.15. The molecule has 0 heterocycles. The third-order valence-electron chi connectivity index (χ3n) is 3.16. The maximum atomic E-state index is 12.6. The number of aryl methyl sites for hydroxylation is 1. The minimum atomic E-state index is -3.84. The number of nitrogens with one attached hydrogen (secondary N) is 1. The highest BCUT2D eigenvalue weighted by Crippen LogP contribution is 2.20. The van der Waals surface area contributed by atoms with Gasteiger partial charge < -0.3 is 5.32 Å². The van der Waals surface area contributed by atoms with Gasteiger partial charge in [0.2, 0.25) is 16.2 Å². The third kappa shape index (κ3) is 3.84. The molecule has 0 saturated heterocycles. The Balaban J connectivity index is 2.47.